The third-order valence-electron chi connectivity index (χ3n) is 3.66. The molecule has 0 saturated heterocycles. The monoisotopic (exact) mass is 339 g/mol. The first kappa shape index (κ1) is 16.3. The molecule has 3 rings (SSSR count). The summed E-state index contributed by atoms with van der Waals surface area (Å²) in [7, 11) is 3.06. The smallest absolute Gasteiger partial charge is 0.166 e. The van der Waals surface area contributed by atoms with E-state index in [-0.39, 0.29) is 16.6 Å². The Kier molecular flexibility index (Phi) is 4.96. The van der Waals surface area contributed by atoms with Gasteiger partial charge in [0.25, 0.3) is 0 Å². The van der Waals surface area contributed by atoms with Crippen LogP contribution in [0, 0.1) is 0 Å². The Morgan fingerprint density at radius 3 is 1.25 bits per heavy atom. The molecule has 0 spiro atoms. The average molecular weight is 339 g/mol. The van der Waals surface area contributed by atoms with E-state index in [1.165, 1.54) is 9.79 Å². The van der Waals surface area contributed by atoms with Crippen molar-refractivity contribution in [3.63, 3.8) is 0 Å². The van der Waals surface area contributed by atoms with Crippen molar-refractivity contribution in [2.24, 2.45) is 0 Å². The molecule has 0 saturated carbocycles. The number of phenols is 1. The van der Waals surface area contributed by atoms with Crippen molar-refractivity contribution in [1.82, 2.24) is 0 Å². The number of rotatable bonds is 5. The van der Waals surface area contributed by atoms with E-state index in [2.05, 4.69) is 24.3 Å². The lowest BCUT2D eigenvalue weighted by Crippen LogP contribution is -2.04. The number of benzene rings is 3. The Morgan fingerprint density at radius 1 is 0.583 bits per heavy atom. The van der Waals surface area contributed by atoms with Crippen LogP contribution in [0.3, 0.4) is 0 Å². The molecule has 122 valence electrons. The Morgan fingerprint density at radius 2 is 0.917 bits per heavy atom. The summed E-state index contributed by atoms with van der Waals surface area (Å²) in [5, 5.41) is 9.59. The molecule has 3 aromatic rings. The zero-order valence-electron chi connectivity index (χ0n) is 13.6. The molecule has 3 aromatic carbocycles. The highest BCUT2D eigenvalue weighted by atomic mass is 32.2. The molecular weight excluding hydrogens is 320 g/mol. The summed E-state index contributed by atoms with van der Waals surface area (Å²) >= 11 is 0. The minimum atomic E-state index is -0.266. The first-order valence-corrected chi connectivity index (χ1v) is 8.75. The molecular formula is C20H19O3S+. The summed E-state index contributed by atoms with van der Waals surface area (Å²) in [5.41, 5.74) is 0. The van der Waals surface area contributed by atoms with Crippen molar-refractivity contribution < 1.29 is 14.6 Å². The molecule has 0 radical (unpaired) electrons. The molecule has 4 heteroatoms. The number of ether oxygens (including phenoxy) is 2. The lowest BCUT2D eigenvalue weighted by atomic mass is 10.3. The van der Waals surface area contributed by atoms with Crippen molar-refractivity contribution in [1.29, 1.82) is 0 Å². The molecule has 1 N–H and O–H groups in total. The van der Waals surface area contributed by atoms with E-state index in [1.807, 2.05) is 36.4 Å². The van der Waals surface area contributed by atoms with Crippen LogP contribution in [0.1, 0.15) is 0 Å². The fourth-order valence-electron chi connectivity index (χ4n) is 2.41. The molecule has 0 fully saturated rings. The third kappa shape index (κ3) is 3.49. The van der Waals surface area contributed by atoms with Crippen LogP contribution in [-0.4, -0.2) is 19.3 Å². The third-order valence-corrected chi connectivity index (χ3v) is 5.89. The Balaban J connectivity index is 2.06. The Bertz CT molecular complexity index is 733. The van der Waals surface area contributed by atoms with Crippen molar-refractivity contribution in [3.8, 4) is 17.2 Å². The average Bonchev–Trinajstić information content (AvgIpc) is 2.64. The van der Waals surface area contributed by atoms with Gasteiger partial charge in [0.1, 0.15) is 17.2 Å². The maximum atomic E-state index is 9.59. The fourth-order valence-corrected chi connectivity index (χ4v) is 4.46. The minimum absolute atomic E-state index is 0.266. The van der Waals surface area contributed by atoms with Crippen LogP contribution in [-0.2, 0) is 10.9 Å². The van der Waals surface area contributed by atoms with Gasteiger partial charge in [-0.25, -0.2) is 0 Å². The zero-order valence-corrected chi connectivity index (χ0v) is 14.4. The van der Waals surface area contributed by atoms with Crippen LogP contribution in [0.15, 0.2) is 87.5 Å². The van der Waals surface area contributed by atoms with Crippen LogP contribution in [0.4, 0.5) is 0 Å². The van der Waals surface area contributed by atoms with Gasteiger partial charge in [-0.2, -0.15) is 0 Å². The number of phenolic OH excluding ortho intramolecular Hbond substituents is 1. The van der Waals surface area contributed by atoms with E-state index >= 15 is 0 Å². The van der Waals surface area contributed by atoms with Gasteiger partial charge >= 0.3 is 0 Å². The molecule has 3 nitrogen and oxygen atoms in total. The van der Waals surface area contributed by atoms with Crippen LogP contribution in [0.2, 0.25) is 0 Å². The van der Waals surface area contributed by atoms with Gasteiger partial charge in [-0.1, -0.05) is 0 Å². The normalized spacial score (nSPS) is 10.6. The highest BCUT2D eigenvalue weighted by molar-refractivity contribution is 7.97. The highest BCUT2D eigenvalue weighted by Gasteiger charge is 2.28. The molecule has 0 aliphatic rings. The maximum Gasteiger partial charge on any atom is 0.166 e. The Hall–Kier alpha value is -2.59. The first-order chi connectivity index (χ1) is 11.7. The maximum absolute atomic E-state index is 9.59. The minimum Gasteiger partial charge on any atom is -0.508 e. The van der Waals surface area contributed by atoms with E-state index in [0.717, 1.165) is 16.4 Å². The molecule has 0 aromatic heterocycles. The SMILES string of the molecule is COc1ccc([S+](c2ccc(O)cc2)c2ccc(OC)cc2)cc1. The summed E-state index contributed by atoms with van der Waals surface area (Å²) < 4.78 is 10.5. The van der Waals surface area contributed by atoms with E-state index in [1.54, 1.807) is 26.4 Å². The van der Waals surface area contributed by atoms with Crippen molar-refractivity contribution >= 4 is 10.9 Å². The second kappa shape index (κ2) is 7.32. The van der Waals surface area contributed by atoms with Crippen LogP contribution >= 0.6 is 0 Å². The predicted octanol–water partition coefficient (Wildman–Crippen LogP) is 4.50. The molecule has 0 bridgehead atoms. The van der Waals surface area contributed by atoms with Gasteiger partial charge in [0.15, 0.2) is 14.7 Å². The number of hydrogen-bond donors (Lipinski definition) is 1. The number of aromatic hydroxyl groups is 1. The lowest BCUT2D eigenvalue weighted by molar-refractivity contribution is 0.414. The molecule has 0 amide bonds. The first-order valence-electron chi connectivity index (χ1n) is 7.52. The number of hydrogen-bond acceptors (Lipinski definition) is 3. The summed E-state index contributed by atoms with van der Waals surface area (Å²) in [4.78, 5) is 3.52. The number of methoxy groups -OCH3 is 2. The molecule has 24 heavy (non-hydrogen) atoms. The van der Waals surface area contributed by atoms with Gasteiger partial charge in [0.2, 0.25) is 0 Å². The van der Waals surface area contributed by atoms with Crippen LogP contribution < -0.4 is 9.47 Å². The van der Waals surface area contributed by atoms with E-state index in [0.29, 0.717) is 0 Å². The molecule has 0 unspecified atom stereocenters. The largest absolute Gasteiger partial charge is 0.508 e. The van der Waals surface area contributed by atoms with Gasteiger partial charge in [0, 0.05) is 0 Å². The second-order valence-corrected chi connectivity index (χ2v) is 7.18. The van der Waals surface area contributed by atoms with Gasteiger partial charge in [-0.15, -0.1) is 0 Å². The molecule has 0 aliphatic carbocycles. The standard InChI is InChI=1S/C20H18O3S/c1-22-16-5-11-19(12-6-16)24(18-9-3-15(21)4-10-18)20-13-7-17(23-2)8-14-20/h3-14H,1-2H3/p+1. The highest BCUT2D eigenvalue weighted by Crippen LogP contribution is 2.33. The van der Waals surface area contributed by atoms with Crippen molar-refractivity contribution in [3.05, 3.63) is 72.8 Å². The predicted molar refractivity (Wildman–Crippen MR) is 96.3 cm³/mol. The van der Waals surface area contributed by atoms with Gasteiger partial charge < -0.3 is 14.6 Å². The quantitative estimate of drug-likeness (QED) is 0.695. The fraction of sp³-hybridized carbons (Fsp3) is 0.100. The van der Waals surface area contributed by atoms with Gasteiger partial charge in [-0.3, -0.25) is 0 Å². The van der Waals surface area contributed by atoms with E-state index < -0.39 is 0 Å². The Labute approximate surface area is 144 Å². The van der Waals surface area contributed by atoms with Crippen molar-refractivity contribution in [2.75, 3.05) is 14.2 Å². The van der Waals surface area contributed by atoms with Gasteiger partial charge in [-0.05, 0) is 72.8 Å². The molecule has 0 atom stereocenters. The second-order valence-electron chi connectivity index (χ2n) is 5.15. The van der Waals surface area contributed by atoms with Gasteiger partial charge in [0.05, 0.1) is 25.1 Å². The molecule has 0 aliphatic heterocycles. The summed E-state index contributed by atoms with van der Waals surface area (Å²) in [6.45, 7) is 0. The van der Waals surface area contributed by atoms with E-state index in [4.69, 9.17) is 9.47 Å². The molecule has 0 heterocycles. The summed E-state index contributed by atoms with van der Waals surface area (Å²) in [5.74, 6) is 1.94. The lowest BCUT2D eigenvalue weighted by Gasteiger charge is -2.09. The summed E-state index contributed by atoms with van der Waals surface area (Å²) in [6.07, 6.45) is 0. The summed E-state index contributed by atoms with van der Waals surface area (Å²) in [6, 6.07) is 23.6. The topological polar surface area (TPSA) is 38.7 Å². The van der Waals surface area contributed by atoms with Crippen LogP contribution in [0.5, 0.6) is 17.2 Å². The zero-order chi connectivity index (χ0) is 16.9. The van der Waals surface area contributed by atoms with Crippen LogP contribution in [0.25, 0.3) is 0 Å². The van der Waals surface area contributed by atoms with E-state index in [9.17, 15) is 5.11 Å². The van der Waals surface area contributed by atoms with Crippen molar-refractivity contribution in [2.45, 2.75) is 14.7 Å².